The third-order valence-electron chi connectivity index (χ3n) is 1.97. The highest BCUT2D eigenvalue weighted by Crippen LogP contribution is 2.04. The standard InChI is InChI=1S/C10H20NO2/c1-3-9(2)13-10(12)7-5-4-6-8-11/h9,11H,3-8H2,1-2H3. The Balaban J connectivity index is 3.30. The molecule has 3 nitrogen and oxygen atoms in total. The molecule has 0 aliphatic rings. The van der Waals surface area contributed by atoms with E-state index in [1.165, 1.54) is 0 Å². The molecule has 0 rings (SSSR count). The van der Waals surface area contributed by atoms with Crippen LogP contribution in [-0.2, 0) is 9.53 Å². The maximum atomic E-state index is 11.1. The van der Waals surface area contributed by atoms with Crippen molar-refractivity contribution in [1.82, 2.24) is 5.73 Å². The van der Waals surface area contributed by atoms with Crippen molar-refractivity contribution in [2.75, 3.05) is 6.54 Å². The lowest BCUT2D eigenvalue weighted by molar-refractivity contribution is -0.148. The lowest BCUT2D eigenvalue weighted by Crippen LogP contribution is -2.13. The van der Waals surface area contributed by atoms with E-state index in [0.717, 1.165) is 25.7 Å². The van der Waals surface area contributed by atoms with Gasteiger partial charge in [0.1, 0.15) is 0 Å². The average Bonchev–Trinajstić information content (AvgIpc) is 2.12. The molecule has 77 valence electrons. The number of carbonyl (C=O) groups is 1. The van der Waals surface area contributed by atoms with Crippen molar-refractivity contribution >= 4 is 5.97 Å². The van der Waals surface area contributed by atoms with Gasteiger partial charge in [0.15, 0.2) is 0 Å². The van der Waals surface area contributed by atoms with Crippen LogP contribution in [0.2, 0.25) is 0 Å². The number of rotatable bonds is 7. The summed E-state index contributed by atoms with van der Waals surface area (Å²) in [7, 11) is 0. The number of nitrogens with one attached hydrogen (secondary N) is 1. The summed E-state index contributed by atoms with van der Waals surface area (Å²) in [6, 6.07) is 0. The van der Waals surface area contributed by atoms with E-state index in [0.29, 0.717) is 13.0 Å². The first-order chi connectivity index (χ1) is 6.20. The molecule has 0 aliphatic carbocycles. The monoisotopic (exact) mass is 186 g/mol. The molecule has 0 amide bonds. The van der Waals surface area contributed by atoms with Crippen molar-refractivity contribution in [3.63, 3.8) is 0 Å². The number of esters is 1. The summed E-state index contributed by atoms with van der Waals surface area (Å²) in [4.78, 5) is 11.1. The van der Waals surface area contributed by atoms with E-state index in [2.05, 4.69) is 0 Å². The van der Waals surface area contributed by atoms with Crippen molar-refractivity contribution in [2.45, 2.75) is 52.1 Å². The zero-order chi connectivity index (χ0) is 10.1. The van der Waals surface area contributed by atoms with Gasteiger partial charge in [0.05, 0.1) is 6.10 Å². The van der Waals surface area contributed by atoms with Crippen LogP contribution in [0.25, 0.3) is 0 Å². The Morgan fingerprint density at radius 3 is 2.62 bits per heavy atom. The predicted molar refractivity (Wildman–Crippen MR) is 52.3 cm³/mol. The summed E-state index contributed by atoms with van der Waals surface area (Å²) < 4.78 is 5.09. The molecule has 0 aromatic carbocycles. The van der Waals surface area contributed by atoms with Crippen LogP contribution in [0.5, 0.6) is 0 Å². The van der Waals surface area contributed by atoms with Gasteiger partial charge >= 0.3 is 5.97 Å². The Hall–Kier alpha value is -0.570. The van der Waals surface area contributed by atoms with Gasteiger partial charge in [-0.2, -0.15) is 0 Å². The molecule has 0 bridgehead atoms. The molecule has 0 spiro atoms. The second kappa shape index (κ2) is 8.05. The molecule has 0 saturated carbocycles. The SMILES string of the molecule is CCC(C)OC(=O)CCCCC[NH]. The third kappa shape index (κ3) is 7.78. The third-order valence-corrected chi connectivity index (χ3v) is 1.97. The fourth-order valence-corrected chi connectivity index (χ4v) is 0.938. The van der Waals surface area contributed by atoms with Gasteiger partial charge in [-0.3, -0.25) is 10.5 Å². The minimum absolute atomic E-state index is 0.0451. The van der Waals surface area contributed by atoms with E-state index < -0.39 is 0 Å². The summed E-state index contributed by atoms with van der Waals surface area (Å²) in [5.41, 5.74) is 6.92. The van der Waals surface area contributed by atoms with Crippen LogP contribution < -0.4 is 5.73 Å². The molecule has 0 heterocycles. The molecule has 1 radical (unpaired) electrons. The van der Waals surface area contributed by atoms with Gasteiger partial charge in [-0.15, -0.1) is 0 Å². The van der Waals surface area contributed by atoms with Crippen LogP contribution in [-0.4, -0.2) is 18.6 Å². The Labute approximate surface area is 80.6 Å². The number of hydrogen-bond donors (Lipinski definition) is 0. The lowest BCUT2D eigenvalue weighted by atomic mass is 10.2. The number of hydrogen-bond acceptors (Lipinski definition) is 2. The van der Waals surface area contributed by atoms with Gasteiger partial charge in [-0.25, -0.2) is 0 Å². The van der Waals surface area contributed by atoms with E-state index >= 15 is 0 Å². The molecule has 1 unspecified atom stereocenters. The average molecular weight is 186 g/mol. The molecule has 0 fully saturated rings. The van der Waals surface area contributed by atoms with Gasteiger partial charge < -0.3 is 4.74 Å². The van der Waals surface area contributed by atoms with Crippen LogP contribution in [0.1, 0.15) is 46.0 Å². The summed E-state index contributed by atoms with van der Waals surface area (Å²) >= 11 is 0. The highest BCUT2D eigenvalue weighted by molar-refractivity contribution is 5.69. The maximum Gasteiger partial charge on any atom is 0.306 e. The second-order valence-corrected chi connectivity index (χ2v) is 3.27. The largest absolute Gasteiger partial charge is 0.463 e. The first-order valence-corrected chi connectivity index (χ1v) is 5.04. The van der Waals surface area contributed by atoms with Crippen LogP contribution in [0.15, 0.2) is 0 Å². The fraction of sp³-hybridized carbons (Fsp3) is 0.900. The molecular weight excluding hydrogens is 166 g/mol. The van der Waals surface area contributed by atoms with Crippen LogP contribution in [0.3, 0.4) is 0 Å². The first kappa shape index (κ1) is 12.4. The zero-order valence-electron chi connectivity index (χ0n) is 8.64. The molecule has 1 N–H and O–H groups in total. The van der Waals surface area contributed by atoms with Crippen LogP contribution in [0, 0.1) is 0 Å². The Morgan fingerprint density at radius 1 is 1.38 bits per heavy atom. The number of carbonyl (C=O) groups excluding carboxylic acids is 1. The van der Waals surface area contributed by atoms with Gasteiger partial charge in [-0.1, -0.05) is 13.3 Å². The highest BCUT2D eigenvalue weighted by atomic mass is 16.5. The van der Waals surface area contributed by atoms with Crippen molar-refractivity contribution < 1.29 is 9.53 Å². The molecule has 13 heavy (non-hydrogen) atoms. The van der Waals surface area contributed by atoms with Crippen LogP contribution >= 0.6 is 0 Å². The van der Waals surface area contributed by atoms with Crippen molar-refractivity contribution in [1.29, 1.82) is 0 Å². The predicted octanol–water partition coefficient (Wildman–Crippen LogP) is 2.17. The quantitative estimate of drug-likeness (QED) is 0.452. The van der Waals surface area contributed by atoms with Crippen molar-refractivity contribution in [3.8, 4) is 0 Å². The van der Waals surface area contributed by atoms with Gasteiger partial charge in [0, 0.05) is 13.0 Å². The summed E-state index contributed by atoms with van der Waals surface area (Å²) in [5, 5.41) is 0. The topological polar surface area (TPSA) is 50.1 Å². The van der Waals surface area contributed by atoms with Gasteiger partial charge in [0.2, 0.25) is 0 Å². The minimum Gasteiger partial charge on any atom is -0.463 e. The Bertz CT molecular complexity index is 137. The number of unbranched alkanes of at least 4 members (excludes halogenated alkanes) is 2. The molecular formula is C10H20NO2. The number of ether oxygens (including phenoxy) is 1. The Morgan fingerprint density at radius 2 is 2.08 bits per heavy atom. The summed E-state index contributed by atoms with van der Waals surface area (Å²) in [5.74, 6) is -0.0978. The van der Waals surface area contributed by atoms with E-state index in [1.54, 1.807) is 0 Å². The van der Waals surface area contributed by atoms with Crippen molar-refractivity contribution in [3.05, 3.63) is 0 Å². The molecule has 3 heteroatoms. The normalized spacial score (nSPS) is 12.5. The maximum absolute atomic E-state index is 11.1. The summed E-state index contributed by atoms with van der Waals surface area (Å²) in [6.45, 7) is 4.36. The Kier molecular flexibility index (Phi) is 7.69. The molecule has 0 saturated heterocycles. The molecule has 0 aromatic heterocycles. The molecule has 0 aliphatic heterocycles. The van der Waals surface area contributed by atoms with E-state index in [1.807, 2.05) is 13.8 Å². The first-order valence-electron chi connectivity index (χ1n) is 5.04. The molecule has 0 aromatic rings. The van der Waals surface area contributed by atoms with Gasteiger partial charge in [-0.05, 0) is 26.2 Å². The lowest BCUT2D eigenvalue weighted by Gasteiger charge is -2.10. The second-order valence-electron chi connectivity index (χ2n) is 3.27. The minimum atomic E-state index is -0.0978. The smallest absolute Gasteiger partial charge is 0.306 e. The molecule has 1 atom stereocenters. The van der Waals surface area contributed by atoms with Crippen molar-refractivity contribution in [2.24, 2.45) is 0 Å². The van der Waals surface area contributed by atoms with E-state index in [-0.39, 0.29) is 12.1 Å². The zero-order valence-corrected chi connectivity index (χ0v) is 8.64. The fourth-order valence-electron chi connectivity index (χ4n) is 0.938. The summed E-state index contributed by atoms with van der Waals surface area (Å²) in [6.07, 6.45) is 4.12. The van der Waals surface area contributed by atoms with E-state index in [4.69, 9.17) is 10.5 Å². The van der Waals surface area contributed by atoms with E-state index in [9.17, 15) is 4.79 Å². The van der Waals surface area contributed by atoms with Gasteiger partial charge in [0.25, 0.3) is 0 Å². The highest BCUT2D eigenvalue weighted by Gasteiger charge is 2.06. The van der Waals surface area contributed by atoms with Crippen LogP contribution in [0.4, 0.5) is 0 Å².